The van der Waals surface area contributed by atoms with Crippen molar-refractivity contribution >= 4 is 28.2 Å². The summed E-state index contributed by atoms with van der Waals surface area (Å²) in [7, 11) is 0. The third-order valence-electron chi connectivity index (χ3n) is 4.85. The van der Waals surface area contributed by atoms with Crippen LogP contribution < -0.4 is 10.6 Å². The van der Waals surface area contributed by atoms with Crippen molar-refractivity contribution in [2.75, 3.05) is 5.32 Å². The van der Waals surface area contributed by atoms with Crippen molar-refractivity contribution in [1.29, 1.82) is 0 Å². The summed E-state index contributed by atoms with van der Waals surface area (Å²) >= 11 is 1.23. The molecule has 2 N–H and O–H groups in total. The first-order valence-electron chi connectivity index (χ1n) is 8.70. The first-order chi connectivity index (χ1) is 12.8. The molecule has 27 heavy (non-hydrogen) atoms. The van der Waals surface area contributed by atoms with Crippen molar-refractivity contribution in [2.45, 2.75) is 37.4 Å². The summed E-state index contributed by atoms with van der Waals surface area (Å²) in [6.07, 6.45) is -2.16. The number of hydrogen-bond donors (Lipinski definition) is 2. The predicted molar refractivity (Wildman–Crippen MR) is 95.7 cm³/mol. The Morgan fingerprint density at radius 1 is 1.11 bits per heavy atom. The Labute approximate surface area is 157 Å². The average molecular weight is 394 g/mol. The van der Waals surface area contributed by atoms with Crippen LogP contribution in [-0.4, -0.2) is 17.9 Å². The minimum atomic E-state index is -4.44. The number of halogens is 3. The number of carbonyl (C=O) groups excluding carboxylic acids is 2. The van der Waals surface area contributed by atoms with Crippen LogP contribution in [0, 0.1) is 5.92 Å². The monoisotopic (exact) mass is 394 g/mol. The molecule has 2 amide bonds. The fourth-order valence-corrected chi connectivity index (χ4v) is 3.97. The van der Waals surface area contributed by atoms with Gasteiger partial charge in [0.05, 0.1) is 11.1 Å². The van der Waals surface area contributed by atoms with Gasteiger partial charge in [0.1, 0.15) is 5.00 Å². The normalized spacial score (nSPS) is 21.6. The second-order valence-corrected chi connectivity index (χ2v) is 7.85. The van der Waals surface area contributed by atoms with Crippen LogP contribution in [0.5, 0.6) is 0 Å². The summed E-state index contributed by atoms with van der Waals surface area (Å²) in [6, 6.07) is 7.22. The summed E-state index contributed by atoms with van der Waals surface area (Å²) in [5, 5.41) is 7.73. The van der Waals surface area contributed by atoms with Gasteiger partial charge >= 0.3 is 6.18 Å². The Morgan fingerprint density at radius 2 is 1.85 bits per heavy atom. The molecular weight excluding hydrogens is 377 g/mol. The molecule has 2 aromatic rings. The van der Waals surface area contributed by atoms with E-state index >= 15 is 0 Å². The molecule has 1 aromatic heterocycles. The lowest BCUT2D eigenvalue weighted by Crippen LogP contribution is -2.26. The van der Waals surface area contributed by atoms with Gasteiger partial charge in [-0.15, -0.1) is 11.3 Å². The van der Waals surface area contributed by atoms with Crippen molar-refractivity contribution in [3.63, 3.8) is 0 Å². The predicted octanol–water partition coefficient (Wildman–Crippen LogP) is 4.40. The fraction of sp³-hybridized carbons (Fsp3) is 0.368. The zero-order chi connectivity index (χ0) is 19.2. The van der Waals surface area contributed by atoms with Gasteiger partial charge in [-0.25, -0.2) is 0 Å². The van der Waals surface area contributed by atoms with E-state index in [-0.39, 0.29) is 23.4 Å². The molecule has 1 heterocycles. The molecule has 2 atom stereocenters. The molecule has 0 saturated heterocycles. The molecule has 2 aliphatic carbocycles. The Hall–Kier alpha value is -2.35. The van der Waals surface area contributed by atoms with Crippen LogP contribution in [0.3, 0.4) is 0 Å². The van der Waals surface area contributed by atoms with Crippen molar-refractivity contribution in [3.8, 4) is 0 Å². The first-order valence-corrected chi connectivity index (χ1v) is 9.58. The van der Waals surface area contributed by atoms with Crippen LogP contribution in [-0.2, 0) is 11.0 Å². The quantitative estimate of drug-likeness (QED) is 0.790. The molecule has 4 rings (SSSR count). The number of hydrogen-bond acceptors (Lipinski definition) is 3. The molecular formula is C19H17F3N2O2S. The van der Waals surface area contributed by atoms with Gasteiger partial charge in [-0.2, -0.15) is 13.2 Å². The van der Waals surface area contributed by atoms with Gasteiger partial charge in [0.2, 0.25) is 5.91 Å². The Bertz CT molecular complexity index is 889. The van der Waals surface area contributed by atoms with Gasteiger partial charge in [0.25, 0.3) is 5.91 Å². The number of benzene rings is 1. The minimum absolute atomic E-state index is 0.156. The van der Waals surface area contributed by atoms with Gasteiger partial charge in [0.15, 0.2) is 0 Å². The average Bonchev–Trinajstić information content (AvgIpc) is 3.53. The Balaban J connectivity index is 1.45. The van der Waals surface area contributed by atoms with Gasteiger partial charge in [-0.05, 0) is 48.3 Å². The van der Waals surface area contributed by atoms with Gasteiger partial charge in [0, 0.05) is 12.0 Å². The molecule has 0 bridgehead atoms. The van der Waals surface area contributed by atoms with Gasteiger partial charge in [-0.1, -0.05) is 18.2 Å². The zero-order valence-corrected chi connectivity index (χ0v) is 15.0. The van der Waals surface area contributed by atoms with E-state index in [9.17, 15) is 22.8 Å². The Morgan fingerprint density at radius 3 is 2.56 bits per heavy atom. The van der Waals surface area contributed by atoms with E-state index in [2.05, 4.69) is 10.6 Å². The van der Waals surface area contributed by atoms with Gasteiger partial charge in [-0.3, -0.25) is 9.59 Å². The highest BCUT2D eigenvalue weighted by Crippen LogP contribution is 2.51. The summed E-state index contributed by atoms with van der Waals surface area (Å²) in [5.41, 5.74) is -0.137. The number of anilines is 1. The third kappa shape index (κ3) is 3.85. The molecule has 142 valence electrons. The molecule has 2 saturated carbocycles. The summed E-state index contributed by atoms with van der Waals surface area (Å²) < 4.78 is 39.5. The lowest BCUT2D eigenvalue weighted by atomic mass is 10.0. The number of carbonyl (C=O) groups is 2. The lowest BCUT2D eigenvalue weighted by Gasteiger charge is -2.12. The molecule has 0 spiro atoms. The van der Waals surface area contributed by atoms with Crippen LogP contribution in [0.15, 0.2) is 35.7 Å². The molecule has 1 aromatic carbocycles. The van der Waals surface area contributed by atoms with Crippen molar-refractivity contribution in [2.24, 2.45) is 5.92 Å². The highest BCUT2D eigenvalue weighted by molar-refractivity contribution is 7.14. The smallest absolute Gasteiger partial charge is 0.349 e. The van der Waals surface area contributed by atoms with Crippen LogP contribution in [0.1, 0.15) is 46.7 Å². The van der Waals surface area contributed by atoms with E-state index in [0.717, 1.165) is 18.9 Å². The van der Waals surface area contributed by atoms with Gasteiger partial charge < -0.3 is 10.6 Å². The van der Waals surface area contributed by atoms with E-state index in [1.54, 1.807) is 17.5 Å². The number of nitrogens with one attached hydrogen (secondary N) is 2. The first kappa shape index (κ1) is 18.0. The van der Waals surface area contributed by atoms with Crippen LogP contribution in [0.25, 0.3) is 0 Å². The largest absolute Gasteiger partial charge is 0.416 e. The maximum absolute atomic E-state index is 13.2. The third-order valence-corrected chi connectivity index (χ3v) is 5.68. The maximum Gasteiger partial charge on any atom is 0.416 e. The number of amides is 2. The lowest BCUT2D eigenvalue weighted by molar-refractivity contribution is -0.138. The topological polar surface area (TPSA) is 58.2 Å². The van der Waals surface area contributed by atoms with Crippen molar-refractivity contribution < 1.29 is 22.8 Å². The van der Waals surface area contributed by atoms with E-state index in [1.807, 2.05) is 0 Å². The van der Waals surface area contributed by atoms with E-state index in [1.165, 1.54) is 23.5 Å². The van der Waals surface area contributed by atoms with Crippen LogP contribution in [0.2, 0.25) is 0 Å². The minimum Gasteiger partial charge on any atom is -0.349 e. The van der Waals surface area contributed by atoms with E-state index in [4.69, 9.17) is 0 Å². The maximum atomic E-state index is 13.2. The SMILES string of the molecule is O=C(NC1CC1)c1ccsc1NC(=O)[C@@H]1C[C@H]1c1ccccc1C(F)(F)F. The molecule has 0 unspecified atom stereocenters. The molecule has 2 fully saturated rings. The second-order valence-electron chi connectivity index (χ2n) is 6.93. The molecule has 4 nitrogen and oxygen atoms in total. The van der Waals surface area contributed by atoms with Crippen molar-refractivity contribution in [3.05, 3.63) is 52.4 Å². The summed E-state index contributed by atoms with van der Waals surface area (Å²) in [6.45, 7) is 0. The highest BCUT2D eigenvalue weighted by atomic mass is 32.1. The van der Waals surface area contributed by atoms with Crippen LogP contribution >= 0.6 is 11.3 Å². The van der Waals surface area contributed by atoms with Crippen molar-refractivity contribution in [1.82, 2.24) is 5.32 Å². The zero-order valence-electron chi connectivity index (χ0n) is 14.2. The summed E-state index contributed by atoms with van der Waals surface area (Å²) in [4.78, 5) is 24.7. The molecule has 0 radical (unpaired) electrons. The Kier molecular flexibility index (Phi) is 4.46. The standard InChI is InChI=1S/C19H17F3N2O2S/c20-19(21,22)15-4-2-1-3-11(15)13-9-14(13)17(26)24-18-12(7-8-27-18)16(25)23-10-5-6-10/h1-4,7-8,10,13-14H,5-6,9H2,(H,23,25)(H,24,26)/t13-,14+/m0/s1. The second kappa shape index (κ2) is 6.67. The van der Waals surface area contributed by atoms with Crippen LogP contribution in [0.4, 0.5) is 18.2 Å². The molecule has 8 heteroatoms. The van der Waals surface area contributed by atoms with E-state index in [0.29, 0.717) is 17.0 Å². The number of thiophene rings is 1. The van der Waals surface area contributed by atoms with E-state index < -0.39 is 23.6 Å². The number of alkyl halides is 3. The number of rotatable bonds is 5. The highest BCUT2D eigenvalue weighted by Gasteiger charge is 2.48. The summed E-state index contributed by atoms with van der Waals surface area (Å²) in [5.74, 6) is -1.55. The molecule has 0 aliphatic heterocycles. The fourth-order valence-electron chi connectivity index (χ4n) is 3.19. The molecule has 2 aliphatic rings.